The highest BCUT2D eigenvalue weighted by molar-refractivity contribution is 6.05. The van der Waals surface area contributed by atoms with Crippen molar-refractivity contribution in [1.29, 1.82) is 0 Å². The molecule has 8 heteroatoms. The van der Waals surface area contributed by atoms with Crippen molar-refractivity contribution in [2.24, 2.45) is 7.05 Å². The van der Waals surface area contributed by atoms with E-state index in [0.29, 0.717) is 28.6 Å². The number of rotatable bonds is 5. The second-order valence-electron chi connectivity index (χ2n) is 6.65. The Bertz CT molecular complexity index is 1210. The molecule has 0 fully saturated rings. The number of methoxy groups -OCH3 is 2. The molecular weight excluding hydrogens is 370 g/mol. The summed E-state index contributed by atoms with van der Waals surface area (Å²) < 4.78 is 12.7. The Labute approximate surface area is 167 Å². The SMILES string of the molecule is COc1ccc(OC)c(-c2n[nH]c(C(=O)Nc3ccc4ncn(C)c4c3)c2C)c1. The lowest BCUT2D eigenvalue weighted by molar-refractivity contribution is 0.102. The number of H-pyrrole nitrogens is 1. The lowest BCUT2D eigenvalue weighted by Crippen LogP contribution is -2.13. The second kappa shape index (κ2) is 7.31. The first kappa shape index (κ1) is 18.5. The summed E-state index contributed by atoms with van der Waals surface area (Å²) in [6, 6.07) is 11.0. The maximum atomic E-state index is 12.9. The summed E-state index contributed by atoms with van der Waals surface area (Å²) in [5.74, 6) is 1.05. The minimum absolute atomic E-state index is 0.273. The van der Waals surface area contributed by atoms with Gasteiger partial charge in [-0.1, -0.05) is 0 Å². The van der Waals surface area contributed by atoms with Gasteiger partial charge in [0.05, 0.1) is 37.3 Å². The van der Waals surface area contributed by atoms with Gasteiger partial charge in [0.25, 0.3) is 5.91 Å². The predicted octanol–water partition coefficient (Wildman–Crippen LogP) is 3.54. The zero-order chi connectivity index (χ0) is 20.5. The zero-order valence-electron chi connectivity index (χ0n) is 16.6. The molecule has 148 valence electrons. The van der Waals surface area contributed by atoms with E-state index in [1.54, 1.807) is 20.5 Å². The minimum atomic E-state index is -0.273. The van der Waals surface area contributed by atoms with E-state index in [-0.39, 0.29) is 5.91 Å². The van der Waals surface area contributed by atoms with Crippen molar-refractivity contribution < 1.29 is 14.3 Å². The molecule has 0 aliphatic carbocycles. The maximum Gasteiger partial charge on any atom is 0.273 e. The number of aromatic nitrogens is 4. The summed E-state index contributed by atoms with van der Waals surface area (Å²) in [5, 5.41) is 10.1. The van der Waals surface area contributed by atoms with Gasteiger partial charge in [0.1, 0.15) is 17.2 Å². The van der Waals surface area contributed by atoms with E-state index in [1.807, 2.05) is 54.9 Å². The van der Waals surface area contributed by atoms with E-state index in [2.05, 4.69) is 20.5 Å². The zero-order valence-corrected chi connectivity index (χ0v) is 16.6. The van der Waals surface area contributed by atoms with Gasteiger partial charge in [-0.15, -0.1) is 0 Å². The molecule has 1 amide bonds. The number of carbonyl (C=O) groups is 1. The Kier molecular flexibility index (Phi) is 4.67. The van der Waals surface area contributed by atoms with Crippen molar-refractivity contribution in [1.82, 2.24) is 19.7 Å². The van der Waals surface area contributed by atoms with Gasteiger partial charge in [0.2, 0.25) is 0 Å². The number of hydrogen-bond donors (Lipinski definition) is 2. The van der Waals surface area contributed by atoms with Crippen LogP contribution in [0.1, 0.15) is 16.1 Å². The monoisotopic (exact) mass is 391 g/mol. The lowest BCUT2D eigenvalue weighted by Gasteiger charge is -2.09. The van der Waals surface area contributed by atoms with Gasteiger partial charge in [-0.3, -0.25) is 9.89 Å². The molecule has 29 heavy (non-hydrogen) atoms. The first-order chi connectivity index (χ1) is 14.0. The average molecular weight is 391 g/mol. The van der Waals surface area contributed by atoms with E-state index in [0.717, 1.165) is 22.2 Å². The molecule has 2 aromatic carbocycles. The summed E-state index contributed by atoms with van der Waals surface area (Å²) in [4.78, 5) is 17.1. The van der Waals surface area contributed by atoms with Gasteiger partial charge >= 0.3 is 0 Å². The van der Waals surface area contributed by atoms with Crippen LogP contribution < -0.4 is 14.8 Å². The molecule has 2 N–H and O–H groups in total. The highest BCUT2D eigenvalue weighted by Gasteiger charge is 2.20. The molecule has 0 bridgehead atoms. The van der Waals surface area contributed by atoms with Crippen LogP contribution in [-0.4, -0.2) is 39.9 Å². The number of anilines is 1. The van der Waals surface area contributed by atoms with Gasteiger partial charge in [-0.2, -0.15) is 5.10 Å². The Balaban J connectivity index is 1.66. The number of ether oxygens (including phenoxy) is 2. The normalized spacial score (nSPS) is 10.9. The second-order valence-corrected chi connectivity index (χ2v) is 6.65. The van der Waals surface area contributed by atoms with Crippen molar-refractivity contribution in [2.45, 2.75) is 6.92 Å². The number of hydrogen-bond acceptors (Lipinski definition) is 5. The van der Waals surface area contributed by atoms with Gasteiger partial charge in [-0.25, -0.2) is 4.98 Å². The van der Waals surface area contributed by atoms with Crippen molar-refractivity contribution in [3.63, 3.8) is 0 Å². The Morgan fingerprint density at radius 1 is 1.14 bits per heavy atom. The molecule has 8 nitrogen and oxygen atoms in total. The molecule has 0 unspecified atom stereocenters. The Hall–Kier alpha value is -3.81. The number of aryl methyl sites for hydroxylation is 1. The summed E-state index contributed by atoms with van der Waals surface area (Å²) in [6.07, 6.45) is 1.74. The third-order valence-electron chi connectivity index (χ3n) is 4.88. The fraction of sp³-hybridized carbons (Fsp3) is 0.190. The van der Waals surface area contributed by atoms with Crippen LogP contribution in [-0.2, 0) is 7.05 Å². The number of nitrogens with one attached hydrogen (secondary N) is 2. The van der Waals surface area contributed by atoms with Crippen LogP contribution in [0.4, 0.5) is 5.69 Å². The Morgan fingerprint density at radius 3 is 2.72 bits per heavy atom. The third kappa shape index (κ3) is 3.29. The topological polar surface area (TPSA) is 94.1 Å². The van der Waals surface area contributed by atoms with Crippen LogP contribution in [0.25, 0.3) is 22.3 Å². The molecule has 4 aromatic rings. The number of amides is 1. The van der Waals surface area contributed by atoms with Gasteiger partial charge in [0.15, 0.2) is 0 Å². The van der Waals surface area contributed by atoms with Gasteiger partial charge in [-0.05, 0) is 43.3 Å². The first-order valence-electron chi connectivity index (χ1n) is 9.01. The molecule has 4 rings (SSSR count). The van der Waals surface area contributed by atoms with E-state index in [1.165, 1.54) is 0 Å². The number of fused-ring (bicyclic) bond motifs is 1. The van der Waals surface area contributed by atoms with Gasteiger partial charge < -0.3 is 19.4 Å². The molecule has 0 aliphatic heterocycles. The molecule has 0 spiro atoms. The van der Waals surface area contributed by atoms with E-state index in [4.69, 9.17) is 9.47 Å². The van der Waals surface area contributed by atoms with Crippen molar-refractivity contribution in [3.8, 4) is 22.8 Å². The van der Waals surface area contributed by atoms with Crippen LogP contribution in [0, 0.1) is 6.92 Å². The standard InChI is InChI=1S/C21H21N5O3/c1-12-19(15-10-14(28-3)6-8-18(15)29-4)24-25-20(12)21(27)23-13-5-7-16-17(9-13)26(2)11-22-16/h5-11H,1-4H3,(H,23,27)(H,24,25). The fourth-order valence-electron chi connectivity index (χ4n) is 3.28. The quantitative estimate of drug-likeness (QED) is 0.543. The van der Waals surface area contributed by atoms with Crippen LogP contribution >= 0.6 is 0 Å². The van der Waals surface area contributed by atoms with Crippen LogP contribution in [0.2, 0.25) is 0 Å². The molecule has 2 heterocycles. The number of carbonyl (C=O) groups excluding carboxylic acids is 1. The van der Waals surface area contributed by atoms with E-state index in [9.17, 15) is 4.79 Å². The number of imidazole rings is 1. The van der Waals surface area contributed by atoms with Crippen molar-refractivity contribution in [2.75, 3.05) is 19.5 Å². The molecule has 2 aromatic heterocycles. The fourth-order valence-corrected chi connectivity index (χ4v) is 3.28. The molecule has 0 saturated carbocycles. The van der Waals surface area contributed by atoms with E-state index >= 15 is 0 Å². The van der Waals surface area contributed by atoms with E-state index < -0.39 is 0 Å². The molecule has 0 radical (unpaired) electrons. The molecule has 0 saturated heterocycles. The summed E-state index contributed by atoms with van der Waals surface area (Å²) in [7, 11) is 5.10. The summed E-state index contributed by atoms with van der Waals surface area (Å²) >= 11 is 0. The third-order valence-corrected chi connectivity index (χ3v) is 4.88. The van der Waals surface area contributed by atoms with Crippen LogP contribution in [0.5, 0.6) is 11.5 Å². The van der Waals surface area contributed by atoms with Crippen LogP contribution in [0.3, 0.4) is 0 Å². The highest BCUT2D eigenvalue weighted by Crippen LogP contribution is 2.35. The first-order valence-corrected chi connectivity index (χ1v) is 9.01. The minimum Gasteiger partial charge on any atom is -0.497 e. The van der Waals surface area contributed by atoms with Crippen molar-refractivity contribution >= 4 is 22.6 Å². The smallest absolute Gasteiger partial charge is 0.273 e. The Morgan fingerprint density at radius 2 is 1.97 bits per heavy atom. The average Bonchev–Trinajstić information content (AvgIpc) is 3.30. The van der Waals surface area contributed by atoms with Gasteiger partial charge in [0, 0.05) is 23.9 Å². The predicted molar refractivity (Wildman–Crippen MR) is 111 cm³/mol. The maximum absolute atomic E-state index is 12.9. The summed E-state index contributed by atoms with van der Waals surface area (Å²) in [5.41, 5.74) is 4.97. The summed E-state index contributed by atoms with van der Waals surface area (Å²) in [6.45, 7) is 1.84. The van der Waals surface area contributed by atoms with Crippen molar-refractivity contribution in [3.05, 3.63) is 54.0 Å². The molecular formula is C21H21N5O3. The van der Waals surface area contributed by atoms with Crippen LogP contribution in [0.15, 0.2) is 42.7 Å². The molecule has 0 atom stereocenters. The largest absolute Gasteiger partial charge is 0.497 e. The highest BCUT2D eigenvalue weighted by atomic mass is 16.5. The lowest BCUT2D eigenvalue weighted by atomic mass is 10.1. The number of benzene rings is 2. The molecule has 0 aliphatic rings. The number of aromatic amines is 1. The number of nitrogens with zero attached hydrogens (tertiary/aromatic N) is 3.